The van der Waals surface area contributed by atoms with E-state index < -0.39 is 0 Å². The van der Waals surface area contributed by atoms with Crippen LogP contribution in [0.1, 0.15) is 0 Å². The summed E-state index contributed by atoms with van der Waals surface area (Å²) in [7, 11) is 0. The van der Waals surface area contributed by atoms with Crippen molar-refractivity contribution in [2.75, 3.05) is 0 Å². The summed E-state index contributed by atoms with van der Waals surface area (Å²) >= 11 is -0.195. The van der Waals surface area contributed by atoms with Crippen LogP contribution in [0.15, 0.2) is 22.5 Å². The Morgan fingerprint density at radius 1 is 1.12 bits per heavy atom. The molecular formula is C4H8O3Te. The molecule has 0 aromatic carbocycles. The molecule has 1 heterocycles. The summed E-state index contributed by atoms with van der Waals surface area (Å²) < 4.78 is 7.02. The molecule has 0 fully saturated rings. The van der Waals surface area contributed by atoms with Gasteiger partial charge in [-0.15, -0.1) is 0 Å². The van der Waals surface area contributed by atoms with Gasteiger partial charge in [0.05, 0.1) is 0 Å². The van der Waals surface area contributed by atoms with Crippen molar-refractivity contribution in [2.45, 2.75) is 0 Å². The first-order valence-electron chi connectivity index (χ1n) is 1.64. The molecule has 0 saturated heterocycles. The van der Waals surface area contributed by atoms with Gasteiger partial charge >= 0.3 is 47.0 Å². The molecule has 0 aliphatic carbocycles. The molecular weight excluding hydrogens is 224 g/mol. The van der Waals surface area contributed by atoms with Crippen molar-refractivity contribution in [3.63, 3.8) is 0 Å². The van der Waals surface area contributed by atoms with Crippen molar-refractivity contribution in [1.82, 2.24) is 0 Å². The minimum atomic E-state index is -0.195. The van der Waals surface area contributed by atoms with Crippen LogP contribution in [0.3, 0.4) is 0 Å². The third-order valence-corrected chi connectivity index (χ3v) is 1.83. The maximum Gasteiger partial charge on any atom is -0.412 e. The fraction of sp³-hybridized carbons (Fsp3) is 0. The van der Waals surface area contributed by atoms with Crippen LogP contribution in [0.2, 0.25) is 0 Å². The Balaban J connectivity index is 0. The van der Waals surface area contributed by atoms with Crippen LogP contribution in [0.5, 0.6) is 0 Å². The van der Waals surface area contributed by atoms with Gasteiger partial charge in [-0.25, -0.2) is 0 Å². The van der Waals surface area contributed by atoms with Gasteiger partial charge in [-0.2, -0.15) is 0 Å². The molecule has 1 aliphatic heterocycles. The maximum atomic E-state index is 4.93. The molecule has 0 radical (unpaired) electrons. The molecule has 0 aromatic heterocycles. The predicted octanol–water partition coefficient (Wildman–Crippen LogP) is -0.986. The second-order valence-corrected chi connectivity index (χ2v) is 2.72. The summed E-state index contributed by atoms with van der Waals surface area (Å²) in [5.41, 5.74) is 0. The minimum Gasteiger partial charge on any atom is -0.412 e. The molecule has 0 saturated carbocycles. The van der Waals surface area contributed by atoms with Gasteiger partial charge in [0.1, 0.15) is 0 Å². The molecule has 3 nitrogen and oxygen atoms in total. The summed E-state index contributed by atoms with van der Waals surface area (Å²) in [5.74, 6) is 0. The van der Waals surface area contributed by atoms with E-state index in [1.54, 1.807) is 6.26 Å². The third-order valence-electron chi connectivity index (χ3n) is 0.435. The average Bonchev–Trinajstić information content (AvgIpc) is 1.72. The van der Waals surface area contributed by atoms with Crippen molar-refractivity contribution < 1.29 is 14.1 Å². The van der Waals surface area contributed by atoms with E-state index in [4.69, 9.17) is 3.10 Å². The second kappa shape index (κ2) is 6.99. The number of hydrogen-bond donors (Lipinski definition) is 0. The average molecular weight is 232 g/mol. The molecule has 0 unspecified atom stereocenters. The number of allylic oxidation sites excluding steroid dienone is 2. The van der Waals surface area contributed by atoms with Crippen LogP contribution in [0.4, 0.5) is 0 Å². The molecule has 4 N–H and O–H groups in total. The zero-order chi connectivity index (χ0) is 4.24. The van der Waals surface area contributed by atoms with Gasteiger partial charge in [-0.05, 0) is 0 Å². The van der Waals surface area contributed by atoms with Gasteiger partial charge in [0, 0.05) is 0 Å². The first-order valence-corrected chi connectivity index (χ1v) is 3.93. The minimum absolute atomic E-state index is 0. The van der Waals surface area contributed by atoms with E-state index >= 15 is 0 Å². The summed E-state index contributed by atoms with van der Waals surface area (Å²) in [6, 6.07) is 0. The third kappa shape index (κ3) is 4.16. The SMILES string of the molecule is C1=CO[Te]C=C1.O.O. The van der Waals surface area contributed by atoms with Crippen LogP contribution in [-0.2, 0) is 3.10 Å². The second-order valence-electron chi connectivity index (χ2n) is 0.850. The van der Waals surface area contributed by atoms with Gasteiger partial charge in [0.25, 0.3) is 0 Å². The van der Waals surface area contributed by atoms with Gasteiger partial charge in [-0.1, -0.05) is 0 Å². The molecule has 0 bridgehead atoms. The Morgan fingerprint density at radius 2 is 1.88 bits per heavy atom. The van der Waals surface area contributed by atoms with Crippen LogP contribution in [0, 0.1) is 0 Å². The van der Waals surface area contributed by atoms with Crippen molar-refractivity contribution in [3.8, 4) is 0 Å². The fourth-order valence-corrected chi connectivity index (χ4v) is 1.21. The molecule has 0 spiro atoms. The van der Waals surface area contributed by atoms with Crippen molar-refractivity contribution in [1.29, 1.82) is 0 Å². The largest absolute Gasteiger partial charge is 0.412 e. The molecule has 4 heteroatoms. The van der Waals surface area contributed by atoms with E-state index in [-0.39, 0.29) is 32.3 Å². The normalized spacial score (nSPS) is 13.0. The van der Waals surface area contributed by atoms with E-state index in [9.17, 15) is 0 Å². The van der Waals surface area contributed by atoms with E-state index in [2.05, 4.69) is 4.12 Å². The van der Waals surface area contributed by atoms with Gasteiger partial charge in [0.2, 0.25) is 0 Å². The van der Waals surface area contributed by atoms with Gasteiger partial charge in [-0.3, -0.25) is 0 Å². The zero-order valence-electron chi connectivity index (χ0n) is 4.13. The van der Waals surface area contributed by atoms with Crippen LogP contribution >= 0.6 is 0 Å². The Bertz CT molecular complexity index is 77.3. The van der Waals surface area contributed by atoms with Gasteiger partial charge < -0.3 is 11.0 Å². The van der Waals surface area contributed by atoms with Crippen molar-refractivity contribution in [3.05, 3.63) is 22.5 Å². The number of hydrogen-bond acceptors (Lipinski definition) is 1. The number of rotatable bonds is 0. The zero-order valence-corrected chi connectivity index (χ0v) is 6.46. The maximum absolute atomic E-state index is 4.93. The van der Waals surface area contributed by atoms with Gasteiger partial charge in [0.15, 0.2) is 0 Å². The van der Waals surface area contributed by atoms with E-state index in [0.29, 0.717) is 0 Å². The van der Waals surface area contributed by atoms with Crippen LogP contribution in [0.25, 0.3) is 0 Å². The topological polar surface area (TPSA) is 72.2 Å². The first kappa shape index (κ1) is 10.9. The van der Waals surface area contributed by atoms with Crippen LogP contribution < -0.4 is 0 Å². The Labute approximate surface area is 58.3 Å². The Hall–Kier alpha value is -0.0104. The van der Waals surface area contributed by atoms with E-state index in [0.717, 1.165) is 0 Å². The Morgan fingerprint density at radius 3 is 2.00 bits per heavy atom. The fourth-order valence-electron chi connectivity index (χ4n) is 0.219. The Kier molecular flexibility index (Phi) is 9.51. The molecule has 8 heavy (non-hydrogen) atoms. The molecule has 1 rings (SSSR count). The quantitative estimate of drug-likeness (QED) is 0.494. The van der Waals surface area contributed by atoms with E-state index in [1.807, 2.05) is 12.2 Å². The molecule has 1 aliphatic rings. The van der Waals surface area contributed by atoms with Crippen LogP contribution in [-0.4, -0.2) is 32.3 Å². The summed E-state index contributed by atoms with van der Waals surface area (Å²) in [5, 5.41) is 0. The van der Waals surface area contributed by atoms with Crippen molar-refractivity contribution in [2.24, 2.45) is 0 Å². The summed E-state index contributed by atoms with van der Waals surface area (Å²) in [6.45, 7) is 0. The smallest absolute Gasteiger partial charge is 0.412 e. The molecule has 0 amide bonds. The van der Waals surface area contributed by atoms with Crippen molar-refractivity contribution >= 4 is 21.3 Å². The van der Waals surface area contributed by atoms with E-state index in [1.165, 1.54) is 0 Å². The standard InChI is InChI=1S/C4H4OTe.2H2O/c1-2-4-6-5-3-1;;/h1-4H;2*1H2. The summed E-state index contributed by atoms with van der Waals surface area (Å²) in [6.07, 6.45) is 5.65. The monoisotopic (exact) mass is 234 g/mol. The molecule has 0 atom stereocenters. The summed E-state index contributed by atoms with van der Waals surface area (Å²) in [4.78, 5) is 0. The molecule has 0 aromatic rings. The first-order chi connectivity index (χ1) is 3.00. The predicted molar refractivity (Wildman–Crippen MR) is 32.3 cm³/mol. The molecule has 48 valence electrons.